The van der Waals surface area contributed by atoms with Crippen LogP contribution >= 0.6 is 12.6 Å². The molecule has 0 heterocycles. The number of hydrogen-bond donors (Lipinski definition) is 8. The van der Waals surface area contributed by atoms with Crippen molar-refractivity contribution in [2.24, 2.45) is 11.5 Å². The molecule has 0 aliphatic carbocycles. The number of nitrogens with two attached hydrogens (primary N) is 2. The molecule has 5 atom stereocenters. The maximum atomic E-state index is 12.4. The first-order chi connectivity index (χ1) is 13.0. The molecule has 0 saturated heterocycles. The fourth-order valence-electron chi connectivity index (χ4n) is 2.14. The van der Waals surface area contributed by atoms with E-state index in [1.165, 1.54) is 13.8 Å². The molecule has 0 aliphatic heterocycles. The number of aliphatic hydroxyl groups excluding tert-OH is 1. The Bertz CT molecular complexity index is 548. The molecule has 0 spiro atoms. The second-order valence-corrected chi connectivity index (χ2v) is 6.80. The zero-order chi connectivity index (χ0) is 21.9. The van der Waals surface area contributed by atoms with Crippen molar-refractivity contribution in [2.75, 3.05) is 12.3 Å². The molecule has 0 aromatic heterocycles. The van der Waals surface area contributed by atoms with Crippen LogP contribution < -0.4 is 27.4 Å². The van der Waals surface area contributed by atoms with Gasteiger partial charge in [0, 0.05) is 5.75 Å². The smallest absolute Gasteiger partial charge is 0.325 e. The molecule has 0 radical (unpaired) electrons. The molecule has 12 heteroatoms. The van der Waals surface area contributed by atoms with Gasteiger partial charge in [-0.25, -0.2) is 0 Å². The van der Waals surface area contributed by atoms with Crippen LogP contribution in [0.1, 0.15) is 33.1 Å². The summed E-state index contributed by atoms with van der Waals surface area (Å²) in [5, 5.41) is 25.5. The lowest BCUT2D eigenvalue weighted by Gasteiger charge is -2.25. The molecular weight excluding hydrogens is 390 g/mol. The quantitative estimate of drug-likeness (QED) is 0.116. The molecule has 11 nitrogen and oxygen atoms in total. The third-order valence-corrected chi connectivity index (χ3v) is 4.28. The zero-order valence-corrected chi connectivity index (χ0v) is 16.9. The average molecular weight is 422 g/mol. The lowest BCUT2D eigenvalue weighted by molar-refractivity contribution is -0.142. The van der Waals surface area contributed by atoms with E-state index in [1.54, 1.807) is 0 Å². The highest BCUT2D eigenvalue weighted by Gasteiger charge is 2.31. The summed E-state index contributed by atoms with van der Waals surface area (Å²) in [6.45, 7) is 2.99. The average Bonchev–Trinajstić information content (AvgIpc) is 2.62. The van der Waals surface area contributed by atoms with E-state index in [9.17, 15) is 24.3 Å². The highest BCUT2D eigenvalue weighted by molar-refractivity contribution is 7.80. The van der Waals surface area contributed by atoms with Crippen LogP contribution in [0, 0.1) is 0 Å². The van der Waals surface area contributed by atoms with Crippen LogP contribution in [0.25, 0.3) is 0 Å². The third kappa shape index (κ3) is 9.35. The first-order valence-corrected chi connectivity index (χ1v) is 9.56. The first-order valence-electron chi connectivity index (χ1n) is 8.93. The Balaban J connectivity index is 4.90. The maximum absolute atomic E-state index is 12.4. The van der Waals surface area contributed by atoms with Crippen LogP contribution in [0.4, 0.5) is 0 Å². The van der Waals surface area contributed by atoms with Crippen molar-refractivity contribution in [3.63, 3.8) is 0 Å². The van der Waals surface area contributed by atoms with Gasteiger partial charge in [0.15, 0.2) is 0 Å². The van der Waals surface area contributed by atoms with Crippen LogP contribution in [0.5, 0.6) is 0 Å². The number of amides is 3. The van der Waals surface area contributed by atoms with E-state index in [-0.39, 0.29) is 5.75 Å². The molecule has 0 aromatic carbocycles. The normalized spacial score (nSPS) is 16.2. The predicted octanol–water partition coefficient (Wildman–Crippen LogP) is -2.69. The summed E-state index contributed by atoms with van der Waals surface area (Å²) >= 11 is 4.02. The number of nitrogens with one attached hydrogen (secondary N) is 3. The monoisotopic (exact) mass is 421 g/mol. The van der Waals surface area contributed by atoms with E-state index in [4.69, 9.17) is 16.6 Å². The van der Waals surface area contributed by atoms with Gasteiger partial charge < -0.3 is 37.6 Å². The number of aliphatic hydroxyl groups is 1. The number of aliphatic carboxylic acids is 1. The summed E-state index contributed by atoms with van der Waals surface area (Å²) < 4.78 is 0. The van der Waals surface area contributed by atoms with Crippen molar-refractivity contribution in [1.82, 2.24) is 16.0 Å². The second-order valence-electron chi connectivity index (χ2n) is 6.43. The summed E-state index contributed by atoms with van der Waals surface area (Å²) in [5.74, 6) is -3.54. The third-order valence-electron chi connectivity index (χ3n) is 3.91. The number of hydrogen-bond acceptors (Lipinski definition) is 8. The van der Waals surface area contributed by atoms with Crippen LogP contribution in [0.15, 0.2) is 0 Å². The highest BCUT2D eigenvalue weighted by Crippen LogP contribution is 2.01. The van der Waals surface area contributed by atoms with Gasteiger partial charge in [-0.2, -0.15) is 12.6 Å². The van der Waals surface area contributed by atoms with Crippen LogP contribution in [0.2, 0.25) is 0 Å². The predicted molar refractivity (Wildman–Crippen MR) is 106 cm³/mol. The Morgan fingerprint density at radius 1 is 1.00 bits per heavy atom. The van der Waals surface area contributed by atoms with Crippen LogP contribution in [-0.2, 0) is 19.2 Å². The van der Waals surface area contributed by atoms with Gasteiger partial charge >= 0.3 is 5.97 Å². The van der Waals surface area contributed by atoms with Crippen molar-refractivity contribution in [2.45, 2.75) is 63.4 Å². The van der Waals surface area contributed by atoms with Crippen LogP contribution in [-0.4, -0.2) is 76.5 Å². The van der Waals surface area contributed by atoms with Crippen molar-refractivity contribution in [1.29, 1.82) is 0 Å². The molecule has 9 N–H and O–H groups in total. The molecule has 0 aromatic rings. The summed E-state index contributed by atoms with van der Waals surface area (Å²) in [6.07, 6.45) is 0.474. The van der Waals surface area contributed by atoms with Crippen LogP contribution in [0.3, 0.4) is 0 Å². The molecular formula is C16H31N5O6S. The molecule has 5 unspecified atom stereocenters. The zero-order valence-electron chi connectivity index (χ0n) is 16.1. The van der Waals surface area contributed by atoms with E-state index >= 15 is 0 Å². The maximum Gasteiger partial charge on any atom is 0.325 e. The number of carboxylic acids is 1. The number of rotatable bonds is 13. The Hall–Kier alpha value is -1.89. The molecule has 0 rings (SSSR count). The van der Waals surface area contributed by atoms with E-state index in [0.29, 0.717) is 19.4 Å². The minimum atomic E-state index is -1.41. The molecule has 3 amide bonds. The van der Waals surface area contributed by atoms with E-state index < -0.39 is 54.0 Å². The van der Waals surface area contributed by atoms with Crippen molar-refractivity contribution < 1.29 is 29.4 Å². The van der Waals surface area contributed by atoms with Crippen molar-refractivity contribution in [3.05, 3.63) is 0 Å². The van der Waals surface area contributed by atoms with Gasteiger partial charge in [-0.1, -0.05) is 6.42 Å². The Kier molecular flexibility index (Phi) is 12.4. The minimum absolute atomic E-state index is 0.0766. The fourth-order valence-corrected chi connectivity index (χ4v) is 2.39. The number of carboxylic acid groups (broad SMARTS) is 1. The van der Waals surface area contributed by atoms with Gasteiger partial charge in [-0.15, -0.1) is 0 Å². The molecule has 0 bridgehead atoms. The standard InChI is InChI=1S/C16H31N5O6S/c1-8(16(26)27)19-15(25)12(9(2)22)21-14(24)11(7-28)20-13(23)10(18)5-3-4-6-17/h8-12,22,28H,3-7,17-18H2,1-2H3,(H,19,25)(H,20,23)(H,21,24)(H,26,27). The Morgan fingerprint density at radius 3 is 2.07 bits per heavy atom. The molecule has 0 aliphatic rings. The van der Waals surface area contributed by atoms with Gasteiger partial charge in [0.25, 0.3) is 0 Å². The topological polar surface area (TPSA) is 197 Å². The SMILES string of the molecule is CC(NC(=O)C(NC(=O)C(CS)NC(=O)C(N)CCCCN)C(C)O)C(=O)O. The summed E-state index contributed by atoms with van der Waals surface area (Å²) in [6, 6.07) is -4.54. The van der Waals surface area contributed by atoms with Gasteiger partial charge in [-0.05, 0) is 33.2 Å². The van der Waals surface area contributed by atoms with E-state index in [0.717, 1.165) is 6.42 Å². The fraction of sp³-hybridized carbons (Fsp3) is 0.750. The van der Waals surface area contributed by atoms with Gasteiger partial charge in [-0.3, -0.25) is 19.2 Å². The van der Waals surface area contributed by atoms with E-state index in [2.05, 4.69) is 28.6 Å². The minimum Gasteiger partial charge on any atom is -0.480 e. The Labute approximate surface area is 169 Å². The van der Waals surface area contributed by atoms with Crippen molar-refractivity contribution in [3.8, 4) is 0 Å². The second kappa shape index (κ2) is 13.3. The Morgan fingerprint density at radius 2 is 1.61 bits per heavy atom. The molecule has 162 valence electrons. The number of carbonyl (C=O) groups is 4. The first kappa shape index (κ1) is 26.1. The van der Waals surface area contributed by atoms with Gasteiger partial charge in [0.05, 0.1) is 12.1 Å². The van der Waals surface area contributed by atoms with E-state index in [1.807, 2.05) is 0 Å². The molecule has 0 saturated carbocycles. The number of thiol groups is 1. The lowest BCUT2D eigenvalue weighted by Crippen LogP contribution is -2.60. The van der Waals surface area contributed by atoms with Gasteiger partial charge in [0.2, 0.25) is 17.7 Å². The molecule has 0 fully saturated rings. The summed E-state index contributed by atoms with van der Waals surface area (Å²) in [5.41, 5.74) is 11.2. The lowest BCUT2D eigenvalue weighted by atomic mass is 10.1. The number of unbranched alkanes of at least 4 members (excludes halogenated alkanes) is 1. The highest BCUT2D eigenvalue weighted by atomic mass is 32.1. The van der Waals surface area contributed by atoms with Crippen molar-refractivity contribution >= 4 is 36.3 Å². The largest absolute Gasteiger partial charge is 0.480 e. The van der Waals surface area contributed by atoms with Gasteiger partial charge in [0.1, 0.15) is 18.1 Å². The molecule has 28 heavy (non-hydrogen) atoms. The summed E-state index contributed by atoms with van der Waals surface area (Å²) in [4.78, 5) is 47.5. The summed E-state index contributed by atoms with van der Waals surface area (Å²) in [7, 11) is 0. The number of carbonyl (C=O) groups excluding carboxylic acids is 3.